The van der Waals surface area contributed by atoms with Gasteiger partial charge in [-0.25, -0.2) is 9.78 Å². The van der Waals surface area contributed by atoms with Crippen LogP contribution in [-0.2, 0) is 11.3 Å². The molecular formula is C12H20N2O3S. The Hall–Kier alpha value is -1.14. The number of hydrogen-bond acceptors (Lipinski definition) is 5. The van der Waals surface area contributed by atoms with E-state index in [4.69, 9.17) is 9.84 Å². The van der Waals surface area contributed by atoms with Crippen molar-refractivity contribution in [3.63, 3.8) is 0 Å². The summed E-state index contributed by atoms with van der Waals surface area (Å²) in [6.45, 7) is 5.43. The summed E-state index contributed by atoms with van der Waals surface area (Å²) in [5.41, 5.74) is 0.501. The number of methoxy groups -OCH3 is 1. The summed E-state index contributed by atoms with van der Waals surface area (Å²) in [5.74, 6) is -0.326. The Morgan fingerprint density at radius 2 is 2.22 bits per heavy atom. The fraction of sp³-hybridized carbons (Fsp3) is 0.667. The first kappa shape index (κ1) is 14.9. The molecule has 0 fully saturated rings. The first-order valence-electron chi connectivity index (χ1n) is 5.88. The second-order valence-electron chi connectivity index (χ2n) is 4.61. The maximum atomic E-state index is 11.1. The largest absolute Gasteiger partial charge is 0.477 e. The third-order valence-corrected chi connectivity index (χ3v) is 3.73. The zero-order chi connectivity index (χ0) is 13.7. The van der Waals surface area contributed by atoms with Crippen LogP contribution in [0.15, 0.2) is 0 Å². The molecular weight excluding hydrogens is 252 g/mol. The van der Waals surface area contributed by atoms with Crippen LogP contribution >= 0.6 is 11.3 Å². The molecule has 0 saturated heterocycles. The van der Waals surface area contributed by atoms with Crippen LogP contribution in [0.4, 0.5) is 5.13 Å². The van der Waals surface area contributed by atoms with Crippen molar-refractivity contribution in [3.05, 3.63) is 10.6 Å². The van der Waals surface area contributed by atoms with Crippen LogP contribution in [0.2, 0.25) is 0 Å². The van der Waals surface area contributed by atoms with Gasteiger partial charge in [0.25, 0.3) is 0 Å². The van der Waals surface area contributed by atoms with Crippen LogP contribution in [0.1, 0.15) is 35.6 Å². The van der Waals surface area contributed by atoms with Gasteiger partial charge in [0.2, 0.25) is 0 Å². The third-order valence-electron chi connectivity index (χ3n) is 2.53. The average Bonchev–Trinajstić information content (AvgIpc) is 2.70. The second-order valence-corrected chi connectivity index (χ2v) is 5.59. The van der Waals surface area contributed by atoms with Crippen LogP contribution in [0, 0.1) is 5.92 Å². The Bertz CT molecular complexity index is 404. The lowest BCUT2D eigenvalue weighted by Gasteiger charge is -2.16. The van der Waals surface area contributed by atoms with Gasteiger partial charge in [0.1, 0.15) is 4.88 Å². The molecule has 0 radical (unpaired) electrons. The summed E-state index contributed by atoms with van der Waals surface area (Å²) in [5, 5.41) is 9.84. The number of aromatic carboxylic acids is 1. The minimum absolute atomic E-state index is 0.232. The summed E-state index contributed by atoms with van der Waals surface area (Å²) in [7, 11) is 3.47. The minimum Gasteiger partial charge on any atom is -0.477 e. The number of hydrogen-bond donors (Lipinski definition) is 1. The molecule has 1 heterocycles. The lowest BCUT2D eigenvalue weighted by molar-refractivity contribution is 0.0697. The number of anilines is 1. The molecule has 0 unspecified atom stereocenters. The van der Waals surface area contributed by atoms with Crippen LogP contribution in [0.3, 0.4) is 0 Å². The van der Waals surface area contributed by atoms with E-state index in [1.54, 1.807) is 0 Å². The van der Waals surface area contributed by atoms with Gasteiger partial charge in [-0.1, -0.05) is 25.2 Å². The van der Waals surface area contributed by atoms with Crippen LogP contribution in [0.5, 0.6) is 0 Å². The van der Waals surface area contributed by atoms with Crippen molar-refractivity contribution >= 4 is 22.4 Å². The molecule has 0 bridgehead atoms. The maximum Gasteiger partial charge on any atom is 0.347 e. The number of carboxylic acids is 1. The van der Waals surface area contributed by atoms with Crippen molar-refractivity contribution in [1.82, 2.24) is 4.98 Å². The van der Waals surface area contributed by atoms with E-state index < -0.39 is 5.97 Å². The van der Waals surface area contributed by atoms with E-state index in [9.17, 15) is 4.79 Å². The Morgan fingerprint density at radius 3 is 2.72 bits per heavy atom. The Morgan fingerprint density at radius 1 is 1.56 bits per heavy atom. The van der Waals surface area contributed by atoms with Gasteiger partial charge in [-0.15, -0.1) is 0 Å². The molecule has 0 spiro atoms. The molecule has 1 aromatic rings. The van der Waals surface area contributed by atoms with Gasteiger partial charge < -0.3 is 14.7 Å². The van der Waals surface area contributed by atoms with Crippen LogP contribution in [0.25, 0.3) is 0 Å². The highest BCUT2D eigenvalue weighted by atomic mass is 32.1. The lowest BCUT2D eigenvalue weighted by Crippen LogP contribution is -2.19. The van der Waals surface area contributed by atoms with Gasteiger partial charge in [0.15, 0.2) is 5.13 Å². The lowest BCUT2D eigenvalue weighted by atomic mass is 10.1. The van der Waals surface area contributed by atoms with Gasteiger partial charge in [-0.05, 0) is 12.3 Å². The predicted molar refractivity (Wildman–Crippen MR) is 72.5 cm³/mol. The smallest absolute Gasteiger partial charge is 0.347 e. The summed E-state index contributed by atoms with van der Waals surface area (Å²) < 4.78 is 4.97. The van der Waals surface area contributed by atoms with Crippen molar-refractivity contribution in [2.45, 2.75) is 26.9 Å². The van der Waals surface area contributed by atoms with E-state index in [1.807, 2.05) is 11.9 Å². The van der Waals surface area contributed by atoms with E-state index in [0.29, 0.717) is 11.6 Å². The predicted octanol–water partition coefficient (Wildman–Crippen LogP) is 2.47. The maximum absolute atomic E-state index is 11.1. The quantitative estimate of drug-likeness (QED) is 0.826. The van der Waals surface area contributed by atoms with E-state index in [0.717, 1.165) is 18.1 Å². The van der Waals surface area contributed by atoms with Gasteiger partial charge in [0, 0.05) is 20.7 Å². The first-order valence-corrected chi connectivity index (χ1v) is 6.70. The second kappa shape index (κ2) is 6.70. The highest BCUT2D eigenvalue weighted by Crippen LogP contribution is 2.26. The van der Waals surface area contributed by atoms with Crippen LogP contribution < -0.4 is 4.90 Å². The SMILES string of the molecule is COCc1nc(N(C)CCC(C)C)sc1C(=O)O. The minimum atomic E-state index is -0.942. The molecule has 0 atom stereocenters. The standard InChI is InChI=1S/C12H20N2O3S/c1-8(2)5-6-14(3)12-13-9(7-17-4)10(18-12)11(15)16/h8H,5-7H2,1-4H3,(H,15,16). The van der Waals surface area contributed by atoms with Crippen molar-refractivity contribution in [2.24, 2.45) is 5.92 Å². The van der Waals surface area contributed by atoms with Crippen molar-refractivity contribution < 1.29 is 14.6 Å². The van der Waals surface area contributed by atoms with E-state index in [1.165, 1.54) is 18.4 Å². The Labute approximate surface area is 111 Å². The summed E-state index contributed by atoms with van der Waals surface area (Å²) in [6, 6.07) is 0. The molecule has 18 heavy (non-hydrogen) atoms. The van der Waals surface area contributed by atoms with E-state index in [2.05, 4.69) is 18.8 Å². The average molecular weight is 272 g/mol. The normalized spacial score (nSPS) is 10.9. The molecule has 1 rings (SSSR count). The number of ether oxygens (including phenoxy) is 1. The van der Waals surface area contributed by atoms with Crippen molar-refractivity contribution in [3.8, 4) is 0 Å². The molecule has 102 valence electrons. The molecule has 0 aliphatic rings. The first-order chi connectivity index (χ1) is 8.45. The topological polar surface area (TPSA) is 62.7 Å². The molecule has 0 aliphatic heterocycles. The van der Waals surface area contributed by atoms with Crippen molar-refractivity contribution in [2.75, 3.05) is 25.6 Å². The molecule has 5 nitrogen and oxygen atoms in total. The zero-order valence-electron chi connectivity index (χ0n) is 11.3. The van der Waals surface area contributed by atoms with Gasteiger partial charge in [-0.2, -0.15) is 0 Å². The monoisotopic (exact) mass is 272 g/mol. The summed E-state index contributed by atoms with van der Waals surface area (Å²) in [6.07, 6.45) is 1.05. The highest BCUT2D eigenvalue weighted by molar-refractivity contribution is 7.17. The van der Waals surface area contributed by atoms with Crippen molar-refractivity contribution in [1.29, 1.82) is 0 Å². The van der Waals surface area contributed by atoms with Gasteiger partial charge >= 0.3 is 5.97 Å². The molecule has 6 heteroatoms. The number of nitrogens with zero attached hydrogens (tertiary/aromatic N) is 2. The zero-order valence-corrected chi connectivity index (χ0v) is 12.1. The Kier molecular flexibility index (Phi) is 5.55. The number of rotatable bonds is 7. The fourth-order valence-corrected chi connectivity index (χ4v) is 2.35. The summed E-state index contributed by atoms with van der Waals surface area (Å²) >= 11 is 1.20. The van der Waals surface area contributed by atoms with Gasteiger partial charge in [-0.3, -0.25) is 0 Å². The number of carbonyl (C=O) groups is 1. The van der Waals surface area contributed by atoms with E-state index in [-0.39, 0.29) is 11.5 Å². The highest BCUT2D eigenvalue weighted by Gasteiger charge is 2.19. The number of carboxylic acid groups (broad SMARTS) is 1. The van der Waals surface area contributed by atoms with E-state index >= 15 is 0 Å². The van der Waals surface area contributed by atoms with Crippen LogP contribution in [-0.4, -0.2) is 36.8 Å². The molecule has 1 N–H and O–H groups in total. The molecule has 0 aliphatic carbocycles. The molecule has 1 aromatic heterocycles. The number of thiazole rings is 1. The molecule has 0 saturated carbocycles. The molecule has 0 aromatic carbocycles. The Balaban J connectivity index is 2.82. The third kappa shape index (κ3) is 3.96. The van der Waals surface area contributed by atoms with Gasteiger partial charge in [0.05, 0.1) is 12.3 Å². The molecule has 0 amide bonds. The fourth-order valence-electron chi connectivity index (χ4n) is 1.45. The number of aromatic nitrogens is 1. The summed E-state index contributed by atoms with van der Waals surface area (Å²) in [4.78, 5) is 17.7.